The summed E-state index contributed by atoms with van der Waals surface area (Å²) < 4.78 is 23.8. The van der Waals surface area contributed by atoms with Gasteiger partial charge in [-0.1, -0.05) is 47.2 Å². The Morgan fingerprint density at radius 1 is 1.25 bits per heavy atom. The molecule has 118 valence electrons. The molecule has 0 N–H and O–H groups in total. The second-order valence-corrected chi connectivity index (χ2v) is 22.0. The lowest BCUT2D eigenvalue weighted by molar-refractivity contribution is -0.124. The fourth-order valence-corrected chi connectivity index (χ4v) is 27.2. The van der Waals surface area contributed by atoms with Crippen LogP contribution in [0.3, 0.4) is 0 Å². The Bertz CT molecular complexity index is 484. The SMILES string of the molecule is CCSSP(=S)(SSCC)C1CC(=O)N(CC)S1(=O)=O. The van der Waals surface area contributed by atoms with E-state index in [1.165, 1.54) is 20.8 Å². The Morgan fingerprint density at radius 3 is 2.10 bits per heavy atom. The molecule has 11 heteroatoms. The van der Waals surface area contributed by atoms with Gasteiger partial charge in [0.15, 0.2) is 0 Å². The molecule has 4 nitrogen and oxygen atoms in total. The first-order valence-corrected chi connectivity index (χ1v) is 16.3. The van der Waals surface area contributed by atoms with Crippen LogP contribution in [0.2, 0.25) is 0 Å². The van der Waals surface area contributed by atoms with Gasteiger partial charge in [-0.15, -0.1) is 0 Å². The first kappa shape index (κ1) is 19.5. The Morgan fingerprint density at radius 2 is 1.75 bits per heavy atom. The highest BCUT2D eigenvalue weighted by Gasteiger charge is 2.51. The molecule has 1 unspecified atom stereocenters. The van der Waals surface area contributed by atoms with Gasteiger partial charge in [-0.3, -0.25) is 4.79 Å². The van der Waals surface area contributed by atoms with Crippen LogP contribution in [-0.2, 0) is 26.6 Å². The lowest BCUT2D eigenvalue weighted by Crippen LogP contribution is -2.31. The number of carbonyl (C=O) groups excluding carboxylic acids is 1. The van der Waals surface area contributed by atoms with E-state index in [1.807, 2.05) is 13.8 Å². The molecule has 1 saturated heterocycles. The summed E-state index contributed by atoms with van der Waals surface area (Å²) in [5, 5.41) is 0. The van der Waals surface area contributed by atoms with Gasteiger partial charge in [-0.2, -0.15) is 0 Å². The highest BCUT2D eigenvalue weighted by atomic mass is 33.6. The zero-order valence-electron chi connectivity index (χ0n) is 11.5. The van der Waals surface area contributed by atoms with Gasteiger partial charge in [0.25, 0.3) is 0 Å². The predicted octanol–water partition coefficient (Wildman–Crippen LogP) is 4.01. The summed E-state index contributed by atoms with van der Waals surface area (Å²) in [5.74, 6) is 1.44. The van der Waals surface area contributed by atoms with E-state index in [9.17, 15) is 13.2 Å². The van der Waals surface area contributed by atoms with Crippen molar-refractivity contribution in [2.45, 2.75) is 32.2 Å². The minimum Gasteiger partial charge on any atom is -0.274 e. The predicted molar refractivity (Wildman–Crippen MR) is 100 cm³/mol. The zero-order valence-corrected chi connectivity index (χ0v) is 17.3. The lowest BCUT2D eigenvalue weighted by atomic mass is 10.4. The van der Waals surface area contributed by atoms with Crippen LogP contribution >= 0.6 is 46.9 Å². The van der Waals surface area contributed by atoms with E-state index in [1.54, 1.807) is 28.5 Å². The van der Waals surface area contributed by atoms with Crippen molar-refractivity contribution in [2.75, 3.05) is 18.1 Å². The van der Waals surface area contributed by atoms with Crippen LogP contribution in [0.5, 0.6) is 0 Å². The number of sulfonamides is 1. The maximum atomic E-state index is 12.5. The third-order valence-electron chi connectivity index (χ3n) is 2.47. The minimum absolute atomic E-state index is 0.0437. The van der Waals surface area contributed by atoms with Gasteiger partial charge in [0.05, 0.1) is 10.9 Å². The molecule has 20 heavy (non-hydrogen) atoms. The fourth-order valence-electron chi connectivity index (χ4n) is 1.64. The third-order valence-corrected chi connectivity index (χ3v) is 27.1. The third kappa shape index (κ3) is 4.26. The number of rotatable bonds is 8. The van der Waals surface area contributed by atoms with Crippen LogP contribution in [0, 0.1) is 0 Å². The van der Waals surface area contributed by atoms with Crippen molar-refractivity contribution in [1.82, 2.24) is 4.31 Å². The first-order chi connectivity index (χ1) is 9.33. The maximum Gasteiger partial charge on any atom is 0.247 e. The molecule has 1 heterocycles. The highest BCUT2D eigenvalue weighted by molar-refractivity contribution is 9.28. The molecule has 0 radical (unpaired) electrons. The molecule has 0 spiro atoms. The molecule has 1 rings (SSSR count). The quantitative estimate of drug-likeness (QED) is 0.439. The van der Waals surface area contributed by atoms with E-state index in [2.05, 4.69) is 0 Å². The van der Waals surface area contributed by atoms with E-state index in [0.717, 1.165) is 15.8 Å². The molecular formula is C9H18NO3PS6. The largest absolute Gasteiger partial charge is 0.274 e. The van der Waals surface area contributed by atoms with Crippen molar-refractivity contribution in [3.05, 3.63) is 0 Å². The number of hydrogen-bond acceptors (Lipinski definition) is 8. The van der Waals surface area contributed by atoms with Gasteiger partial charge in [-0.25, -0.2) is 12.7 Å². The van der Waals surface area contributed by atoms with Crippen molar-refractivity contribution >= 4 is 74.6 Å². The van der Waals surface area contributed by atoms with Crippen molar-refractivity contribution in [3.8, 4) is 0 Å². The molecule has 0 aromatic rings. The summed E-state index contributed by atoms with van der Waals surface area (Å²) in [6.07, 6.45) is 0.0437. The molecule has 1 amide bonds. The summed E-state index contributed by atoms with van der Waals surface area (Å²) in [4.78, 5) is 11.2. The Balaban J connectivity index is 3.08. The van der Waals surface area contributed by atoms with Gasteiger partial charge in [0.1, 0.15) is 4.99 Å². The summed E-state index contributed by atoms with van der Waals surface area (Å²) in [7, 11) is 2.62. The smallest absolute Gasteiger partial charge is 0.247 e. The molecule has 1 fully saturated rings. The van der Waals surface area contributed by atoms with Gasteiger partial charge in [0, 0.05) is 18.1 Å². The van der Waals surface area contributed by atoms with E-state index >= 15 is 0 Å². The highest BCUT2D eigenvalue weighted by Crippen LogP contribution is 2.81. The summed E-state index contributed by atoms with van der Waals surface area (Å²) in [6, 6.07) is 0. The van der Waals surface area contributed by atoms with Crippen LogP contribution in [0.15, 0.2) is 0 Å². The standard InChI is InChI=1S/C9H18NO3PS6/c1-4-10-8(11)7-9(20(10,12)13)14(15,18-16-5-2)19-17-6-3/h9H,4-7H2,1-3H3. The average molecular weight is 412 g/mol. The number of amides is 1. The van der Waals surface area contributed by atoms with E-state index in [0.29, 0.717) is 0 Å². The molecule has 0 bridgehead atoms. The van der Waals surface area contributed by atoms with Crippen LogP contribution < -0.4 is 0 Å². The normalized spacial score (nSPS) is 22.4. The molecule has 1 atom stereocenters. The zero-order chi connectivity index (χ0) is 15.4. The lowest BCUT2D eigenvalue weighted by Gasteiger charge is -2.25. The van der Waals surface area contributed by atoms with E-state index in [4.69, 9.17) is 11.8 Å². The van der Waals surface area contributed by atoms with Crippen molar-refractivity contribution < 1.29 is 13.2 Å². The Labute approximate surface area is 141 Å². The van der Waals surface area contributed by atoms with Gasteiger partial charge in [0.2, 0.25) is 15.9 Å². The van der Waals surface area contributed by atoms with Crippen LogP contribution in [0.1, 0.15) is 27.2 Å². The maximum absolute atomic E-state index is 12.5. The van der Waals surface area contributed by atoms with Gasteiger partial charge in [-0.05, 0) is 27.8 Å². The number of hydrogen-bond donors (Lipinski definition) is 0. The molecular weight excluding hydrogens is 393 g/mol. The van der Waals surface area contributed by atoms with Crippen molar-refractivity contribution in [1.29, 1.82) is 0 Å². The number of carbonyl (C=O) groups is 1. The second-order valence-electron chi connectivity index (χ2n) is 3.76. The summed E-state index contributed by atoms with van der Waals surface area (Å²) in [5.41, 5.74) is 0. The summed E-state index contributed by atoms with van der Waals surface area (Å²) in [6.45, 7) is 5.91. The van der Waals surface area contributed by atoms with Crippen LogP contribution in [0.4, 0.5) is 0 Å². The summed E-state index contributed by atoms with van der Waals surface area (Å²) >= 11 is 5.73. The average Bonchev–Trinajstić information content (AvgIpc) is 2.64. The molecule has 1 aliphatic rings. The minimum atomic E-state index is -3.58. The second kappa shape index (κ2) is 8.36. The van der Waals surface area contributed by atoms with E-state index in [-0.39, 0.29) is 18.9 Å². The van der Waals surface area contributed by atoms with Crippen LogP contribution in [-0.4, -0.2) is 41.7 Å². The first-order valence-electron chi connectivity index (χ1n) is 6.10. The van der Waals surface area contributed by atoms with Crippen LogP contribution in [0.25, 0.3) is 0 Å². The molecule has 0 aromatic carbocycles. The van der Waals surface area contributed by atoms with Gasteiger partial charge >= 0.3 is 0 Å². The monoisotopic (exact) mass is 411 g/mol. The molecule has 0 aliphatic carbocycles. The topological polar surface area (TPSA) is 54.5 Å². The molecule has 0 aromatic heterocycles. The fraction of sp³-hybridized carbons (Fsp3) is 0.889. The molecule has 1 aliphatic heterocycles. The van der Waals surface area contributed by atoms with Crippen molar-refractivity contribution in [3.63, 3.8) is 0 Å². The Kier molecular flexibility index (Phi) is 8.16. The van der Waals surface area contributed by atoms with E-state index < -0.39 is 19.5 Å². The Hall–Kier alpha value is 1.47. The molecule has 0 saturated carbocycles. The van der Waals surface area contributed by atoms with Crippen molar-refractivity contribution in [2.24, 2.45) is 0 Å². The number of nitrogens with zero attached hydrogens (tertiary/aromatic N) is 1. The van der Waals surface area contributed by atoms with Gasteiger partial charge < -0.3 is 0 Å².